The Kier molecular flexibility index (Phi) is 3.31. The molecule has 90 valence electrons. The standard InChI is InChI=1S/C11H12ClN3O2/c1-6(13)11-14-10(15-17-11)8-5-7(12)3-4-9(8)16-2/h3-6H,13H2,1-2H3/t6-/m0/s1. The summed E-state index contributed by atoms with van der Waals surface area (Å²) < 4.78 is 10.2. The van der Waals surface area contributed by atoms with Crippen LogP contribution in [-0.2, 0) is 0 Å². The van der Waals surface area contributed by atoms with Crippen LogP contribution in [0.1, 0.15) is 18.9 Å². The average Bonchev–Trinajstić information content (AvgIpc) is 2.78. The summed E-state index contributed by atoms with van der Waals surface area (Å²) in [6.07, 6.45) is 0. The molecular formula is C11H12ClN3O2. The van der Waals surface area contributed by atoms with Gasteiger partial charge in [-0.25, -0.2) is 0 Å². The smallest absolute Gasteiger partial charge is 0.243 e. The number of benzene rings is 1. The maximum atomic E-state index is 5.93. The molecule has 1 aromatic heterocycles. The highest BCUT2D eigenvalue weighted by Crippen LogP contribution is 2.30. The Bertz CT molecular complexity index is 525. The van der Waals surface area contributed by atoms with Crippen molar-refractivity contribution in [2.24, 2.45) is 5.73 Å². The van der Waals surface area contributed by atoms with E-state index in [4.69, 9.17) is 26.6 Å². The van der Waals surface area contributed by atoms with Gasteiger partial charge in [-0.3, -0.25) is 0 Å². The van der Waals surface area contributed by atoms with Crippen molar-refractivity contribution < 1.29 is 9.26 Å². The SMILES string of the molecule is COc1ccc(Cl)cc1-c1noc([C@H](C)N)n1. The van der Waals surface area contributed by atoms with E-state index >= 15 is 0 Å². The highest BCUT2D eigenvalue weighted by molar-refractivity contribution is 6.30. The van der Waals surface area contributed by atoms with Gasteiger partial charge in [0.25, 0.3) is 0 Å². The molecule has 5 nitrogen and oxygen atoms in total. The minimum Gasteiger partial charge on any atom is -0.496 e. The van der Waals surface area contributed by atoms with Crippen LogP contribution in [0.5, 0.6) is 5.75 Å². The molecule has 17 heavy (non-hydrogen) atoms. The van der Waals surface area contributed by atoms with Crippen LogP contribution in [0.4, 0.5) is 0 Å². The summed E-state index contributed by atoms with van der Waals surface area (Å²) in [6, 6.07) is 4.90. The molecule has 0 unspecified atom stereocenters. The third-order valence-electron chi connectivity index (χ3n) is 2.23. The largest absolute Gasteiger partial charge is 0.496 e. The molecule has 2 rings (SSSR count). The summed E-state index contributed by atoms with van der Waals surface area (Å²) in [5.74, 6) is 1.42. The summed E-state index contributed by atoms with van der Waals surface area (Å²) in [5, 5.41) is 4.43. The minimum absolute atomic E-state index is 0.304. The lowest BCUT2D eigenvalue weighted by molar-refractivity contribution is 0.361. The number of rotatable bonds is 3. The maximum absolute atomic E-state index is 5.93. The van der Waals surface area contributed by atoms with Crippen molar-refractivity contribution in [3.8, 4) is 17.1 Å². The third kappa shape index (κ3) is 2.40. The Hall–Kier alpha value is -1.59. The minimum atomic E-state index is -0.304. The van der Waals surface area contributed by atoms with Crippen molar-refractivity contribution in [2.75, 3.05) is 7.11 Å². The predicted molar refractivity (Wildman–Crippen MR) is 63.9 cm³/mol. The van der Waals surface area contributed by atoms with Crippen molar-refractivity contribution in [1.82, 2.24) is 10.1 Å². The van der Waals surface area contributed by atoms with Crippen LogP contribution in [0.3, 0.4) is 0 Å². The molecule has 0 fully saturated rings. The van der Waals surface area contributed by atoms with Crippen LogP contribution in [-0.4, -0.2) is 17.3 Å². The fraction of sp³-hybridized carbons (Fsp3) is 0.273. The van der Waals surface area contributed by atoms with Crippen molar-refractivity contribution in [3.63, 3.8) is 0 Å². The zero-order chi connectivity index (χ0) is 12.4. The van der Waals surface area contributed by atoms with Gasteiger partial charge in [0.2, 0.25) is 11.7 Å². The molecule has 0 aliphatic rings. The number of nitrogens with zero attached hydrogens (tertiary/aromatic N) is 2. The van der Waals surface area contributed by atoms with Crippen LogP contribution >= 0.6 is 11.6 Å². The number of nitrogens with two attached hydrogens (primary N) is 1. The number of halogens is 1. The quantitative estimate of drug-likeness (QED) is 0.909. The Labute approximate surface area is 104 Å². The van der Waals surface area contributed by atoms with Gasteiger partial charge in [0.1, 0.15) is 5.75 Å². The van der Waals surface area contributed by atoms with E-state index in [9.17, 15) is 0 Å². The van der Waals surface area contributed by atoms with E-state index in [1.54, 1.807) is 32.2 Å². The van der Waals surface area contributed by atoms with Crippen molar-refractivity contribution >= 4 is 11.6 Å². The highest BCUT2D eigenvalue weighted by Gasteiger charge is 2.15. The molecule has 1 aromatic carbocycles. The first-order valence-electron chi connectivity index (χ1n) is 5.05. The van der Waals surface area contributed by atoms with Gasteiger partial charge >= 0.3 is 0 Å². The molecule has 0 aliphatic heterocycles. The molecule has 2 aromatic rings. The molecule has 0 radical (unpaired) electrons. The van der Waals surface area contributed by atoms with Crippen molar-refractivity contribution in [3.05, 3.63) is 29.1 Å². The predicted octanol–water partition coefficient (Wildman–Crippen LogP) is 2.42. The Morgan fingerprint density at radius 1 is 1.47 bits per heavy atom. The topological polar surface area (TPSA) is 74.2 Å². The van der Waals surface area contributed by atoms with Crippen LogP contribution in [0.15, 0.2) is 22.7 Å². The molecule has 0 spiro atoms. The summed E-state index contributed by atoms with van der Waals surface area (Å²) in [7, 11) is 1.57. The van der Waals surface area contributed by atoms with Crippen LogP contribution < -0.4 is 10.5 Å². The fourth-order valence-electron chi connectivity index (χ4n) is 1.38. The Morgan fingerprint density at radius 2 is 2.24 bits per heavy atom. The normalized spacial score (nSPS) is 12.5. The lowest BCUT2D eigenvalue weighted by Crippen LogP contribution is -2.04. The van der Waals surface area contributed by atoms with E-state index in [2.05, 4.69) is 10.1 Å². The highest BCUT2D eigenvalue weighted by atomic mass is 35.5. The van der Waals surface area contributed by atoms with E-state index in [0.717, 1.165) is 0 Å². The first-order valence-corrected chi connectivity index (χ1v) is 5.42. The molecular weight excluding hydrogens is 242 g/mol. The molecule has 1 heterocycles. The van der Waals surface area contributed by atoms with Crippen molar-refractivity contribution in [1.29, 1.82) is 0 Å². The second-order valence-electron chi connectivity index (χ2n) is 3.59. The molecule has 0 saturated heterocycles. The van der Waals surface area contributed by atoms with E-state index < -0.39 is 0 Å². The number of hydrogen-bond donors (Lipinski definition) is 1. The van der Waals surface area contributed by atoms with E-state index in [1.807, 2.05) is 0 Å². The molecule has 0 bridgehead atoms. The first kappa shape index (κ1) is 11.9. The molecule has 0 aliphatic carbocycles. The molecule has 6 heteroatoms. The molecule has 0 saturated carbocycles. The third-order valence-corrected chi connectivity index (χ3v) is 2.47. The summed E-state index contributed by atoms with van der Waals surface area (Å²) >= 11 is 5.93. The lowest BCUT2D eigenvalue weighted by Gasteiger charge is -2.04. The Balaban J connectivity index is 2.47. The van der Waals surface area contributed by atoms with Crippen LogP contribution in [0.25, 0.3) is 11.4 Å². The zero-order valence-corrected chi connectivity index (χ0v) is 10.2. The van der Waals surface area contributed by atoms with Gasteiger partial charge < -0.3 is 15.0 Å². The average molecular weight is 254 g/mol. The maximum Gasteiger partial charge on any atom is 0.243 e. The number of methoxy groups -OCH3 is 1. The van der Waals surface area contributed by atoms with Crippen LogP contribution in [0.2, 0.25) is 5.02 Å². The summed E-state index contributed by atoms with van der Waals surface area (Å²) in [5.41, 5.74) is 6.33. The van der Waals surface area contributed by atoms with Gasteiger partial charge in [0.15, 0.2) is 0 Å². The van der Waals surface area contributed by atoms with Crippen molar-refractivity contribution in [2.45, 2.75) is 13.0 Å². The van der Waals surface area contributed by atoms with E-state index in [1.165, 1.54) is 0 Å². The number of hydrogen-bond acceptors (Lipinski definition) is 5. The first-order chi connectivity index (χ1) is 8.11. The zero-order valence-electron chi connectivity index (χ0n) is 9.48. The number of aromatic nitrogens is 2. The summed E-state index contributed by atoms with van der Waals surface area (Å²) in [6.45, 7) is 1.77. The number of ether oxygens (including phenoxy) is 1. The van der Waals surface area contributed by atoms with Crippen LogP contribution in [0, 0.1) is 0 Å². The monoisotopic (exact) mass is 253 g/mol. The lowest BCUT2D eigenvalue weighted by atomic mass is 10.2. The molecule has 1 atom stereocenters. The second kappa shape index (κ2) is 4.73. The van der Waals surface area contributed by atoms with E-state index in [0.29, 0.717) is 28.1 Å². The van der Waals surface area contributed by atoms with Gasteiger partial charge in [-0.2, -0.15) is 4.98 Å². The van der Waals surface area contributed by atoms with Gasteiger partial charge in [-0.05, 0) is 25.1 Å². The second-order valence-corrected chi connectivity index (χ2v) is 4.03. The van der Waals surface area contributed by atoms with Gasteiger partial charge in [-0.1, -0.05) is 16.8 Å². The Morgan fingerprint density at radius 3 is 2.82 bits per heavy atom. The van der Waals surface area contributed by atoms with Gasteiger partial charge in [0.05, 0.1) is 18.7 Å². The molecule has 0 amide bonds. The fourth-order valence-corrected chi connectivity index (χ4v) is 1.56. The van der Waals surface area contributed by atoms with Gasteiger partial charge in [-0.15, -0.1) is 0 Å². The van der Waals surface area contributed by atoms with Gasteiger partial charge in [0, 0.05) is 5.02 Å². The van der Waals surface area contributed by atoms with E-state index in [-0.39, 0.29) is 6.04 Å². The molecule has 2 N–H and O–H groups in total. The summed E-state index contributed by atoms with van der Waals surface area (Å²) in [4.78, 5) is 4.19.